The van der Waals surface area contributed by atoms with E-state index in [4.69, 9.17) is 5.73 Å². The Labute approximate surface area is 197 Å². The Morgan fingerprint density at radius 3 is 2.06 bits per heavy atom. The van der Waals surface area contributed by atoms with Gasteiger partial charge >= 0.3 is 0 Å². The average molecular weight is 467 g/mol. The summed E-state index contributed by atoms with van der Waals surface area (Å²) in [6.07, 6.45) is 0. The molecule has 2 amide bonds. The number of carbonyl (C=O) groups is 2. The summed E-state index contributed by atoms with van der Waals surface area (Å²) in [5.74, 6) is -0.194. The predicted octanol–water partition coefficient (Wildman–Crippen LogP) is 2.63. The van der Waals surface area contributed by atoms with Gasteiger partial charge in [0.15, 0.2) is 0 Å². The molecule has 2 aromatic rings. The van der Waals surface area contributed by atoms with Crippen LogP contribution in [0.25, 0.3) is 0 Å². The van der Waals surface area contributed by atoms with Gasteiger partial charge in [0.2, 0.25) is 11.8 Å². The number of nitrogens with two attached hydrogens (primary N) is 1. The van der Waals surface area contributed by atoms with Gasteiger partial charge in [0.25, 0.3) is 0 Å². The highest BCUT2D eigenvalue weighted by atomic mass is 35.5. The van der Waals surface area contributed by atoms with Gasteiger partial charge in [-0.2, -0.15) is 0 Å². The van der Waals surface area contributed by atoms with Crippen LogP contribution in [0.3, 0.4) is 0 Å². The van der Waals surface area contributed by atoms with Crippen molar-refractivity contribution < 1.29 is 9.59 Å². The number of halogens is 2. The first kappa shape index (κ1) is 26.9. The summed E-state index contributed by atoms with van der Waals surface area (Å²) in [5, 5.41) is 2.95. The molecule has 0 bridgehead atoms. The normalized spacial score (nSPS) is 15.7. The molecule has 1 saturated heterocycles. The fraction of sp³-hybridized carbons (Fsp3) is 0.391. The van der Waals surface area contributed by atoms with E-state index >= 15 is 0 Å². The fourth-order valence-corrected chi connectivity index (χ4v) is 3.59. The topological polar surface area (TPSA) is 78.7 Å². The maximum atomic E-state index is 12.8. The summed E-state index contributed by atoms with van der Waals surface area (Å²) in [4.78, 5) is 29.0. The van der Waals surface area contributed by atoms with Gasteiger partial charge in [0.05, 0.1) is 12.5 Å². The first-order valence-corrected chi connectivity index (χ1v) is 10.2. The molecule has 3 N–H and O–H groups in total. The number of nitrogens with one attached hydrogen (secondary N) is 1. The molecule has 31 heavy (non-hydrogen) atoms. The van der Waals surface area contributed by atoms with Crippen molar-refractivity contribution in [3.05, 3.63) is 71.8 Å². The summed E-state index contributed by atoms with van der Waals surface area (Å²) >= 11 is 0. The van der Waals surface area contributed by atoms with Crippen molar-refractivity contribution in [1.82, 2.24) is 15.1 Å². The second-order valence-corrected chi connectivity index (χ2v) is 7.59. The van der Waals surface area contributed by atoms with E-state index in [1.165, 1.54) is 0 Å². The highest BCUT2D eigenvalue weighted by molar-refractivity contribution is 5.85. The largest absolute Gasteiger partial charge is 0.351 e. The van der Waals surface area contributed by atoms with Crippen molar-refractivity contribution in [2.24, 2.45) is 11.7 Å². The Morgan fingerprint density at radius 1 is 0.935 bits per heavy atom. The number of piperazine rings is 1. The monoisotopic (exact) mass is 466 g/mol. The zero-order chi connectivity index (χ0) is 20.6. The summed E-state index contributed by atoms with van der Waals surface area (Å²) < 4.78 is 0. The molecule has 6 nitrogen and oxygen atoms in total. The molecule has 0 aliphatic carbocycles. The number of benzene rings is 2. The van der Waals surface area contributed by atoms with E-state index < -0.39 is 0 Å². The lowest BCUT2D eigenvalue weighted by atomic mass is 9.94. The number of rotatable bonds is 7. The minimum absolute atomic E-state index is 0. The zero-order valence-corrected chi connectivity index (χ0v) is 19.4. The Kier molecular flexibility index (Phi) is 11.6. The smallest absolute Gasteiger partial charge is 0.234 e. The van der Waals surface area contributed by atoms with Gasteiger partial charge < -0.3 is 16.0 Å². The van der Waals surface area contributed by atoms with Crippen LogP contribution in [-0.4, -0.2) is 54.3 Å². The highest BCUT2D eigenvalue weighted by Gasteiger charge is 2.29. The number of hydrogen-bond donors (Lipinski definition) is 2. The van der Waals surface area contributed by atoms with E-state index in [2.05, 4.69) is 10.2 Å². The number of nitrogens with zero attached hydrogens (tertiary/aromatic N) is 2. The number of carbonyl (C=O) groups excluding carboxylic acids is 2. The Hall–Kier alpha value is -2.12. The van der Waals surface area contributed by atoms with Gasteiger partial charge in [0, 0.05) is 38.8 Å². The summed E-state index contributed by atoms with van der Waals surface area (Å²) in [6, 6.07) is 19.3. The molecule has 1 fully saturated rings. The molecule has 2 atom stereocenters. The quantitative estimate of drug-likeness (QED) is 0.657. The molecule has 1 aliphatic heterocycles. The van der Waals surface area contributed by atoms with Crippen LogP contribution in [-0.2, 0) is 16.1 Å². The molecule has 2 aromatic carbocycles. The van der Waals surface area contributed by atoms with Crippen LogP contribution in [0.2, 0.25) is 0 Å². The van der Waals surface area contributed by atoms with Crippen molar-refractivity contribution >= 4 is 36.6 Å². The molecule has 8 heteroatoms. The summed E-state index contributed by atoms with van der Waals surface area (Å²) in [6.45, 7) is 5.41. The molecule has 170 valence electrons. The van der Waals surface area contributed by atoms with Crippen LogP contribution >= 0.6 is 24.8 Å². The number of amides is 2. The molecule has 0 radical (unpaired) electrons. The van der Waals surface area contributed by atoms with E-state index in [0.717, 1.165) is 11.1 Å². The predicted molar refractivity (Wildman–Crippen MR) is 128 cm³/mol. The first-order valence-electron chi connectivity index (χ1n) is 10.2. The molecular formula is C23H32Cl2N4O2. The molecule has 0 saturated carbocycles. The molecule has 3 rings (SSSR count). The van der Waals surface area contributed by atoms with Gasteiger partial charge in [-0.3, -0.25) is 14.5 Å². The van der Waals surface area contributed by atoms with Crippen LogP contribution < -0.4 is 11.1 Å². The molecule has 0 spiro atoms. The van der Waals surface area contributed by atoms with Gasteiger partial charge in [-0.1, -0.05) is 67.6 Å². The Bertz CT molecular complexity index is 800. The third kappa shape index (κ3) is 7.82. The first-order chi connectivity index (χ1) is 14.0. The van der Waals surface area contributed by atoms with Crippen molar-refractivity contribution in [2.75, 3.05) is 32.7 Å². The van der Waals surface area contributed by atoms with E-state index in [-0.39, 0.29) is 48.6 Å². The van der Waals surface area contributed by atoms with Crippen LogP contribution in [0.15, 0.2) is 60.7 Å². The van der Waals surface area contributed by atoms with Gasteiger partial charge in [-0.05, 0) is 11.1 Å². The third-order valence-corrected chi connectivity index (χ3v) is 5.50. The third-order valence-electron chi connectivity index (χ3n) is 5.50. The minimum atomic E-state index is -0.314. The Morgan fingerprint density at radius 2 is 1.48 bits per heavy atom. The second kappa shape index (κ2) is 13.3. The lowest BCUT2D eigenvalue weighted by Crippen LogP contribution is -2.52. The standard InChI is InChI=1S/C23H30N4O2.2ClH/c1-18(22(24)20-10-6-3-7-11-20)23(29)27-14-12-26(13-15-27)17-21(28)25-16-19-8-4-2-5-9-19;;/h2-11,18,22H,12-17,24H2,1H3,(H,25,28);2*1H. The van der Waals surface area contributed by atoms with Gasteiger partial charge in [-0.25, -0.2) is 0 Å². The maximum absolute atomic E-state index is 12.8. The lowest BCUT2D eigenvalue weighted by Gasteiger charge is -2.36. The van der Waals surface area contributed by atoms with Crippen LogP contribution in [0.4, 0.5) is 0 Å². The van der Waals surface area contributed by atoms with Crippen LogP contribution in [0, 0.1) is 5.92 Å². The molecule has 2 unspecified atom stereocenters. The number of hydrogen-bond acceptors (Lipinski definition) is 4. The molecule has 1 heterocycles. The minimum Gasteiger partial charge on any atom is -0.351 e. The van der Waals surface area contributed by atoms with Gasteiger partial charge in [0.1, 0.15) is 0 Å². The molecular weight excluding hydrogens is 435 g/mol. The summed E-state index contributed by atoms with van der Waals surface area (Å²) in [5.41, 5.74) is 8.37. The van der Waals surface area contributed by atoms with Crippen LogP contribution in [0.5, 0.6) is 0 Å². The second-order valence-electron chi connectivity index (χ2n) is 7.59. The Balaban J connectivity index is 0.00000240. The molecule has 0 aromatic heterocycles. The highest BCUT2D eigenvalue weighted by Crippen LogP contribution is 2.21. The summed E-state index contributed by atoms with van der Waals surface area (Å²) in [7, 11) is 0. The van der Waals surface area contributed by atoms with E-state index in [9.17, 15) is 9.59 Å². The van der Waals surface area contributed by atoms with Crippen LogP contribution in [0.1, 0.15) is 24.1 Å². The van der Waals surface area contributed by atoms with E-state index in [1.54, 1.807) is 0 Å². The SMILES string of the molecule is CC(C(=O)N1CCN(CC(=O)NCc2ccccc2)CC1)C(N)c1ccccc1.Cl.Cl. The average Bonchev–Trinajstić information content (AvgIpc) is 2.78. The zero-order valence-electron chi connectivity index (χ0n) is 17.8. The maximum Gasteiger partial charge on any atom is 0.234 e. The van der Waals surface area contributed by atoms with Gasteiger partial charge in [-0.15, -0.1) is 24.8 Å². The molecule has 1 aliphatic rings. The van der Waals surface area contributed by atoms with Crippen molar-refractivity contribution in [3.8, 4) is 0 Å². The van der Waals surface area contributed by atoms with Crippen molar-refractivity contribution in [2.45, 2.75) is 19.5 Å². The van der Waals surface area contributed by atoms with E-state index in [0.29, 0.717) is 39.3 Å². The van der Waals surface area contributed by atoms with Crippen molar-refractivity contribution in [1.29, 1.82) is 0 Å². The lowest BCUT2D eigenvalue weighted by molar-refractivity contribution is -0.137. The fourth-order valence-electron chi connectivity index (χ4n) is 3.59. The van der Waals surface area contributed by atoms with Crippen molar-refractivity contribution in [3.63, 3.8) is 0 Å². The van der Waals surface area contributed by atoms with E-state index in [1.807, 2.05) is 72.5 Å².